The Balaban J connectivity index is 1.97. The summed E-state index contributed by atoms with van der Waals surface area (Å²) < 4.78 is 4.75. The molecule has 6 nitrogen and oxygen atoms in total. The molecule has 0 radical (unpaired) electrons. The zero-order chi connectivity index (χ0) is 13.1. The van der Waals surface area contributed by atoms with Crippen LogP contribution in [-0.2, 0) is 16.1 Å². The topological polar surface area (TPSA) is 81.3 Å². The van der Waals surface area contributed by atoms with Crippen LogP contribution in [0.3, 0.4) is 0 Å². The summed E-state index contributed by atoms with van der Waals surface area (Å²) >= 11 is 0. The molecular weight excluding hydrogens is 232 g/mol. The van der Waals surface area contributed by atoms with Gasteiger partial charge in [0.1, 0.15) is 11.6 Å². The summed E-state index contributed by atoms with van der Waals surface area (Å²) in [6.07, 6.45) is 0.827. The van der Waals surface area contributed by atoms with Gasteiger partial charge in [-0.1, -0.05) is 0 Å². The minimum absolute atomic E-state index is 0.0304. The molecule has 1 unspecified atom stereocenters. The number of esters is 1. The van der Waals surface area contributed by atoms with Crippen molar-refractivity contribution in [2.75, 3.05) is 25.9 Å². The molecular formula is C12H18N4O2. The van der Waals surface area contributed by atoms with Gasteiger partial charge < -0.3 is 10.5 Å². The van der Waals surface area contributed by atoms with Gasteiger partial charge >= 0.3 is 5.97 Å². The molecule has 0 spiro atoms. The Morgan fingerprint density at radius 3 is 3.06 bits per heavy atom. The number of anilines is 1. The summed E-state index contributed by atoms with van der Waals surface area (Å²) in [6, 6.07) is 1.74. The molecule has 2 heterocycles. The molecule has 2 rings (SSSR count). The number of nitrogens with zero attached hydrogens (tertiary/aromatic N) is 3. The van der Waals surface area contributed by atoms with Crippen molar-refractivity contribution in [3.05, 3.63) is 17.6 Å². The van der Waals surface area contributed by atoms with Crippen LogP contribution in [0, 0.1) is 12.8 Å². The third-order valence-corrected chi connectivity index (χ3v) is 3.09. The van der Waals surface area contributed by atoms with E-state index in [0.29, 0.717) is 24.7 Å². The van der Waals surface area contributed by atoms with E-state index >= 15 is 0 Å². The quantitative estimate of drug-likeness (QED) is 0.780. The first-order chi connectivity index (χ1) is 8.58. The van der Waals surface area contributed by atoms with Gasteiger partial charge in [0.05, 0.1) is 19.6 Å². The van der Waals surface area contributed by atoms with Crippen molar-refractivity contribution in [2.24, 2.45) is 5.92 Å². The lowest BCUT2D eigenvalue weighted by Gasteiger charge is -2.14. The fourth-order valence-corrected chi connectivity index (χ4v) is 2.26. The number of hydrogen-bond donors (Lipinski definition) is 1. The molecule has 98 valence electrons. The Hall–Kier alpha value is -1.69. The number of hydrogen-bond acceptors (Lipinski definition) is 6. The van der Waals surface area contributed by atoms with Crippen molar-refractivity contribution >= 4 is 11.8 Å². The molecule has 6 heteroatoms. The molecule has 1 atom stereocenters. The summed E-state index contributed by atoms with van der Waals surface area (Å²) in [6.45, 7) is 4.07. The van der Waals surface area contributed by atoms with Crippen LogP contribution in [0.15, 0.2) is 6.07 Å². The highest BCUT2D eigenvalue weighted by molar-refractivity contribution is 5.72. The average molecular weight is 250 g/mol. The third kappa shape index (κ3) is 2.95. The zero-order valence-electron chi connectivity index (χ0n) is 10.7. The first-order valence-corrected chi connectivity index (χ1v) is 5.98. The van der Waals surface area contributed by atoms with E-state index in [1.165, 1.54) is 7.11 Å². The van der Waals surface area contributed by atoms with E-state index in [2.05, 4.69) is 14.9 Å². The number of likely N-dealkylation sites (tertiary alicyclic amines) is 1. The molecule has 1 aromatic heterocycles. The minimum Gasteiger partial charge on any atom is -0.469 e. The smallest absolute Gasteiger partial charge is 0.310 e. The largest absolute Gasteiger partial charge is 0.469 e. The van der Waals surface area contributed by atoms with Gasteiger partial charge in [-0.2, -0.15) is 0 Å². The van der Waals surface area contributed by atoms with Crippen LogP contribution in [0.2, 0.25) is 0 Å². The SMILES string of the molecule is COC(=O)C1CCN(Cc2nc(C)cc(N)n2)C1. The van der Waals surface area contributed by atoms with Crippen molar-refractivity contribution in [3.63, 3.8) is 0 Å². The second-order valence-electron chi connectivity index (χ2n) is 4.59. The summed E-state index contributed by atoms with van der Waals surface area (Å²) in [4.78, 5) is 22.1. The molecule has 2 N–H and O–H groups in total. The summed E-state index contributed by atoms with van der Waals surface area (Å²) in [7, 11) is 1.43. The number of nitrogen functional groups attached to an aromatic ring is 1. The minimum atomic E-state index is -0.137. The number of nitrogens with two attached hydrogens (primary N) is 1. The highest BCUT2D eigenvalue weighted by atomic mass is 16.5. The lowest BCUT2D eigenvalue weighted by atomic mass is 10.1. The molecule has 0 aromatic carbocycles. The van der Waals surface area contributed by atoms with Crippen LogP contribution >= 0.6 is 0 Å². The van der Waals surface area contributed by atoms with E-state index < -0.39 is 0 Å². The molecule has 1 aliphatic rings. The normalized spacial score (nSPS) is 20.0. The molecule has 1 fully saturated rings. The third-order valence-electron chi connectivity index (χ3n) is 3.09. The van der Waals surface area contributed by atoms with Gasteiger partial charge in [0, 0.05) is 18.3 Å². The van der Waals surface area contributed by atoms with Gasteiger partial charge in [0.2, 0.25) is 0 Å². The summed E-state index contributed by atoms with van der Waals surface area (Å²) in [5.41, 5.74) is 6.55. The standard InChI is InChI=1S/C12H18N4O2/c1-8-5-10(13)15-11(14-8)7-16-4-3-9(6-16)12(17)18-2/h5,9H,3-4,6-7H2,1-2H3,(H2,13,14,15). The second-order valence-corrected chi connectivity index (χ2v) is 4.59. The van der Waals surface area contributed by atoms with Crippen LogP contribution in [0.4, 0.5) is 5.82 Å². The highest BCUT2D eigenvalue weighted by Gasteiger charge is 2.29. The number of aryl methyl sites for hydroxylation is 1. The van der Waals surface area contributed by atoms with Gasteiger partial charge in [0.25, 0.3) is 0 Å². The molecule has 1 aromatic rings. The van der Waals surface area contributed by atoms with Gasteiger partial charge in [-0.3, -0.25) is 9.69 Å². The van der Waals surface area contributed by atoms with E-state index in [1.807, 2.05) is 6.92 Å². The molecule has 1 aliphatic heterocycles. The predicted octanol–water partition coefficient (Wildman–Crippen LogP) is 0.362. The maximum atomic E-state index is 11.4. The van der Waals surface area contributed by atoms with Crippen molar-refractivity contribution in [1.29, 1.82) is 0 Å². The second kappa shape index (κ2) is 5.30. The lowest BCUT2D eigenvalue weighted by molar-refractivity contribution is -0.144. The Morgan fingerprint density at radius 2 is 2.39 bits per heavy atom. The first-order valence-electron chi connectivity index (χ1n) is 5.98. The van der Waals surface area contributed by atoms with Gasteiger partial charge in [-0.25, -0.2) is 9.97 Å². The Bertz CT molecular complexity index is 429. The Kier molecular flexibility index (Phi) is 3.76. The Morgan fingerprint density at radius 1 is 1.61 bits per heavy atom. The van der Waals surface area contributed by atoms with E-state index in [1.54, 1.807) is 6.07 Å². The molecule has 0 saturated carbocycles. The van der Waals surface area contributed by atoms with Crippen molar-refractivity contribution in [1.82, 2.24) is 14.9 Å². The van der Waals surface area contributed by atoms with Gasteiger partial charge in [-0.15, -0.1) is 0 Å². The number of aromatic nitrogens is 2. The fraction of sp³-hybridized carbons (Fsp3) is 0.583. The van der Waals surface area contributed by atoms with Crippen molar-refractivity contribution < 1.29 is 9.53 Å². The monoisotopic (exact) mass is 250 g/mol. The maximum absolute atomic E-state index is 11.4. The van der Waals surface area contributed by atoms with Gasteiger partial charge in [-0.05, 0) is 19.9 Å². The number of ether oxygens (including phenoxy) is 1. The van der Waals surface area contributed by atoms with Crippen LogP contribution in [-0.4, -0.2) is 41.0 Å². The fourth-order valence-electron chi connectivity index (χ4n) is 2.26. The average Bonchev–Trinajstić information content (AvgIpc) is 2.75. The van der Waals surface area contributed by atoms with E-state index in [-0.39, 0.29) is 11.9 Å². The maximum Gasteiger partial charge on any atom is 0.310 e. The van der Waals surface area contributed by atoms with E-state index in [4.69, 9.17) is 10.5 Å². The van der Waals surface area contributed by atoms with Gasteiger partial charge in [0.15, 0.2) is 0 Å². The summed E-state index contributed by atoms with van der Waals surface area (Å²) in [5.74, 6) is 1.03. The molecule has 18 heavy (non-hydrogen) atoms. The molecule has 0 amide bonds. The number of rotatable bonds is 3. The molecule has 0 bridgehead atoms. The zero-order valence-corrected chi connectivity index (χ0v) is 10.7. The van der Waals surface area contributed by atoms with E-state index in [0.717, 1.165) is 18.7 Å². The lowest BCUT2D eigenvalue weighted by Crippen LogP contribution is -2.24. The van der Waals surface area contributed by atoms with Crippen molar-refractivity contribution in [2.45, 2.75) is 19.9 Å². The summed E-state index contributed by atoms with van der Waals surface area (Å²) in [5, 5.41) is 0. The van der Waals surface area contributed by atoms with E-state index in [9.17, 15) is 4.79 Å². The number of carbonyl (C=O) groups is 1. The number of carbonyl (C=O) groups excluding carboxylic acids is 1. The first kappa shape index (κ1) is 12.8. The molecule has 0 aliphatic carbocycles. The van der Waals surface area contributed by atoms with Crippen molar-refractivity contribution in [3.8, 4) is 0 Å². The van der Waals surface area contributed by atoms with Crippen LogP contribution in [0.25, 0.3) is 0 Å². The Labute approximate surface area is 106 Å². The van der Waals surface area contributed by atoms with Crippen LogP contribution in [0.5, 0.6) is 0 Å². The highest BCUT2D eigenvalue weighted by Crippen LogP contribution is 2.19. The number of methoxy groups -OCH3 is 1. The van der Waals surface area contributed by atoms with Crippen LogP contribution < -0.4 is 5.73 Å². The predicted molar refractivity (Wildman–Crippen MR) is 66.6 cm³/mol. The van der Waals surface area contributed by atoms with Crippen LogP contribution in [0.1, 0.15) is 17.9 Å². The molecule has 1 saturated heterocycles.